The van der Waals surface area contributed by atoms with Gasteiger partial charge in [0, 0.05) is 5.69 Å². The molecule has 1 aromatic rings. The molecule has 1 aromatic carbocycles. The molecule has 0 unspecified atom stereocenters. The lowest BCUT2D eigenvalue weighted by Gasteiger charge is -2.19. The quantitative estimate of drug-likeness (QED) is 0.885. The van der Waals surface area contributed by atoms with Gasteiger partial charge < -0.3 is 11.1 Å². The summed E-state index contributed by atoms with van der Waals surface area (Å²) in [6, 6.07) is 6.18. The lowest BCUT2D eigenvalue weighted by molar-refractivity contribution is -0.117. The Morgan fingerprint density at radius 1 is 1.35 bits per heavy atom. The first-order valence-electron chi connectivity index (χ1n) is 6.40. The Morgan fingerprint density at radius 2 is 1.95 bits per heavy atom. The second-order valence-corrected chi connectivity index (χ2v) is 8.59. The average molecular weight is 298 g/mol. The van der Waals surface area contributed by atoms with E-state index in [2.05, 4.69) is 5.32 Å². The summed E-state index contributed by atoms with van der Waals surface area (Å²) in [5.74, 6) is -0.362. The van der Waals surface area contributed by atoms with E-state index in [-0.39, 0.29) is 11.7 Å². The van der Waals surface area contributed by atoms with Gasteiger partial charge in [0.25, 0.3) is 0 Å². The molecule has 3 N–H and O–H groups in total. The molecule has 0 spiro atoms. The summed E-state index contributed by atoms with van der Waals surface area (Å²) in [6.07, 6.45) is 0. The fourth-order valence-corrected chi connectivity index (χ4v) is 2.48. The maximum atomic E-state index is 12.2. The monoisotopic (exact) mass is 298 g/mol. The Balaban J connectivity index is 2.93. The molecule has 1 amide bonds. The van der Waals surface area contributed by atoms with Gasteiger partial charge in [0.2, 0.25) is 5.91 Å². The van der Waals surface area contributed by atoms with Crippen molar-refractivity contribution < 1.29 is 13.2 Å². The molecule has 1 rings (SSSR count). The summed E-state index contributed by atoms with van der Waals surface area (Å²) in [7, 11) is -3.25. The van der Waals surface area contributed by atoms with Gasteiger partial charge in [-0.1, -0.05) is 12.1 Å². The van der Waals surface area contributed by atoms with Crippen molar-refractivity contribution in [2.45, 2.75) is 44.2 Å². The predicted molar refractivity (Wildman–Crippen MR) is 81.1 cm³/mol. The number of amides is 1. The molecule has 0 aliphatic rings. The zero-order chi connectivity index (χ0) is 15.6. The molecule has 0 radical (unpaired) electrons. The lowest BCUT2D eigenvalue weighted by Crippen LogP contribution is -2.32. The normalized spacial score (nSPS) is 13.8. The van der Waals surface area contributed by atoms with Gasteiger partial charge in [0.05, 0.1) is 16.5 Å². The number of rotatable bonds is 4. The van der Waals surface area contributed by atoms with Crippen LogP contribution in [0.5, 0.6) is 0 Å². The molecule has 1 atom stereocenters. The number of carbonyl (C=O) groups excluding carboxylic acids is 1. The molecule has 0 saturated heterocycles. The Labute approximate surface area is 120 Å². The Hall–Kier alpha value is -1.40. The molecule has 0 aromatic heterocycles. The van der Waals surface area contributed by atoms with Crippen molar-refractivity contribution >= 4 is 21.4 Å². The van der Waals surface area contributed by atoms with Gasteiger partial charge in [-0.25, -0.2) is 8.42 Å². The fourth-order valence-electron chi connectivity index (χ4n) is 1.43. The maximum absolute atomic E-state index is 12.2. The van der Waals surface area contributed by atoms with E-state index < -0.39 is 20.6 Å². The minimum atomic E-state index is -3.25. The summed E-state index contributed by atoms with van der Waals surface area (Å²) in [6.45, 7) is 6.60. The van der Waals surface area contributed by atoms with Crippen molar-refractivity contribution in [2.24, 2.45) is 5.73 Å². The molecule has 0 aliphatic carbocycles. The molecule has 0 heterocycles. The Bertz CT molecular complexity index is 587. The van der Waals surface area contributed by atoms with E-state index in [1.165, 1.54) is 0 Å². The minimum Gasteiger partial charge on any atom is -0.325 e. The van der Waals surface area contributed by atoms with Crippen LogP contribution >= 0.6 is 0 Å². The molecule has 5 nitrogen and oxygen atoms in total. The van der Waals surface area contributed by atoms with Crippen molar-refractivity contribution in [1.82, 2.24) is 0 Å². The van der Waals surface area contributed by atoms with Crippen molar-refractivity contribution in [3.8, 4) is 0 Å². The SMILES string of the molecule is C[C@H](N)C(=O)Nc1cccc(CS(=O)(=O)C(C)(C)C)c1. The first-order chi connectivity index (χ1) is 9.03. The predicted octanol–water partition coefficient (Wildman–Crippen LogP) is 1.69. The molecular weight excluding hydrogens is 276 g/mol. The van der Waals surface area contributed by atoms with Crippen LogP contribution in [0.25, 0.3) is 0 Å². The van der Waals surface area contributed by atoms with Gasteiger partial charge in [-0.05, 0) is 45.4 Å². The molecule has 6 heteroatoms. The van der Waals surface area contributed by atoms with E-state index in [4.69, 9.17) is 5.73 Å². The number of nitrogens with two attached hydrogens (primary N) is 1. The molecule has 0 saturated carbocycles. The van der Waals surface area contributed by atoms with Crippen LogP contribution in [0.15, 0.2) is 24.3 Å². The van der Waals surface area contributed by atoms with Gasteiger partial charge in [-0.15, -0.1) is 0 Å². The van der Waals surface area contributed by atoms with Crippen LogP contribution in [0.2, 0.25) is 0 Å². The molecule has 0 bridgehead atoms. The van der Waals surface area contributed by atoms with Gasteiger partial charge >= 0.3 is 0 Å². The first kappa shape index (κ1) is 16.7. The Kier molecular flexibility index (Phi) is 4.94. The van der Waals surface area contributed by atoms with Gasteiger partial charge in [0.15, 0.2) is 9.84 Å². The summed E-state index contributed by atoms with van der Waals surface area (Å²) < 4.78 is 23.5. The number of anilines is 1. The van der Waals surface area contributed by atoms with Crippen molar-refractivity contribution in [1.29, 1.82) is 0 Å². The minimum absolute atomic E-state index is 0.0572. The summed E-state index contributed by atoms with van der Waals surface area (Å²) in [4.78, 5) is 11.5. The summed E-state index contributed by atoms with van der Waals surface area (Å²) in [5, 5.41) is 2.65. The van der Waals surface area contributed by atoms with Crippen LogP contribution < -0.4 is 11.1 Å². The number of hydrogen-bond donors (Lipinski definition) is 2. The van der Waals surface area contributed by atoms with Crippen LogP contribution in [-0.2, 0) is 20.4 Å². The molecule has 112 valence electrons. The fraction of sp³-hybridized carbons (Fsp3) is 0.500. The van der Waals surface area contributed by atoms with Crippen LogP contribution in [0.1, 0.15) is 33.3 Å². The number of carbonyl (C=O) groups is 1. The third-order valence-corrected chi connectivity index (χ3v) is 5.48. The highest BCUT2D eigenvalue weighted by atomic mass is 32.2. The van der Waals surface area contributed by atoms with Crippen LogP contribution in [-0.4, -0.2) is 25.1 Å². The van der Waals surface area contributed by atoms with Crippen LogP contribution in [0.3, 0.4) is 0 Å². The first-order valence-corrected chi connectivity index (χ1v) is 8.06. The highest BCUT2D eigenvalue weighted by Gasteiger charge is 2.28. The van der Waals surface area contributed by atoms with E-state index in [9.17, 15) is 13.2 Å². The van der Waals surface area contributed by atoms with E-state index in [0.29, 0.717) is 11.3 Å². The third-order valence-electron chi connectivity index (χ3n) is 2.90. The Morgan fingerprint density at radius 3 is 2.45 bits per heavy atom. The van der Waals surface area contributed by atoms with E-state index in [1.807, 2.05) is 0 Å². The highest BCUT2D eigenvalue weighted by Crippen LogP contribution is 2.22. The molecular formula is C14H22N2O3S. The maximum Gasteiger partial charge on any atom is 0.240 e. The summed E-state index contributed by atoms with van der Waals surface area (Å²) in [5.41, 5.74) is 6.66. The van der Waals surface area contributed by atoms with E-state index in [1.54, 1.807) is 52.0 Å². The largest absolute Gasteiger partial charge is 0.325 e. The zero-order valence-electron chi connectivity index (χ0n) is 12.3. The molecule has 0 fully saturated rings. The van der Waals surface area contributed by atoms with Crippen LogP contribution in [0, 0.1) is 0 Å². The molecule has 0 aliphatic heterocycles. The second-order valence-electron chi connectivity index (χ2n) is 5.85. The zero-order valence-corrected chi connectivity index (χ0v) is 13.1. The van der Waals surface area contributed by atoms with Gasteiger partial charge in [-0.3, -0.25) is 4.79 Å². The van der Waals surface area contributed by atoms with Gasteiger partial charge in [-0.2, -0.15) is 0 Å². The number of sulfone groups is 1. The van der Waals surface area contributed by atoms with Gasteiger partial charge in [0.1, 0.15) is 0 Å². The topological polar surface area (TPSA) is 89.3 Å². The van der Waals surface area contributed by atoms with Crippen molar-refractivity contribution in [2.75, 3.05) is 5.32 Å². The van der Waals surface area contributed by atoms with Crippen molar-refractivity contribution in [3.63, 3.8) is 0 Å². The van der Waals surface area contributed by atoms with E-state index >= 15 is 0 Å². The number of benzene rings is 1. The highest BCUT2D eigenvalue weighted by molar-refractivity contribution is 7.91. The van der Waals surface area contributed by atoms with Crippen molar-refractivity contribution in [3.05, 3.63) is 29.8 Å². The average Bonchev–Trinajstić information content (AvgIpc) is 2.26. The summed E-state index contributed by atoms with van der Waals surface area (Å²) >= 11 is 0. The van der Waals surface area contributed by atoms with Crippen LogP contribution in [0.4, 0.5) is 5.69 Å². The smallest absolute Gasteiger partial charge is 0.240 e. The number of hydrogen-bond acceptors (Lipinski definition) is 4. The standard InChI is InChI=1S/C14H22N2O3S/c1-10(15)13(17)16-12-7-5-6-11(8-12)9-20(18,19)14(2,3)4/h5-8,10H,9,15H2,1-4H3,(H,16,17)/t10-/m0/s1. The third kappa shape index (κ3) is 4.31. The van der Waals surface area contributed by atoms with E-state index in [0.717, 1.165) is 0 Å². The second kappa shape index (κ2) is 5.93. The lowest BCUT2D eigenvalue weighted by atomic mass is 10.2. The number of nitrogens with one attached hydrogen (secondary N) is 1. The molecule has 20 heavy (non-hydrogen) atoms.